The third kappa shape index (κ3) is 3.84. The van der Waals surface area contributed by atoms with Crippen molar-refractivity contribution in [3.8, 4) is 0 Å². The van der Waals surface area contributed by atoms with Crippen molar-refractivity contribution in [3.05, 3.63) is 59.2 Å². The third-order valence-corrected chi connectivity index (χ3v) is 4.19. The lowest BCUT2D eigenvalue weighted by Gasteiger charge is -2.12. The van der Waals surface area contributed by atoms with Gasteiger partial charge in [-0.15, -0.1) is 0 Å². The van der Waals surface area contributed by atoms with Gasteiger partial charge in [0.2, 0.25) is 0 Å². The van der Waals surface area contributed by atoms with Gasteiger partial charge >= 0.3 is 0 Å². The van der Waals surface area contributed by atoms with Crippen LogP contribution in [0.3, 0.4) is 0 Å². The van der Waals surface area contributed by atoms with Crippen LogP contribution in [0.5, 0.6) is 0 Å². The first-order chi connectivity index (χ1) is 12.5. The van der Waals surface area contributed by atoms with Crippen molar-refractivity contribution in [2.24, 2.45) is 0 Å². The normalized spacial score (nSPS) is 14.3. The molecule has 0 atom stereocenters. The van der Waals surface area contributed by atoms with Crippen molar-refractivity contribution >= 4 is 17.5 Å². The summed E-state index contributed by atoms with van der Waals surface area (Å²) in [6.07, 6.45) is 3.92. The van der Waals surface area contributed by atoms with Crippen LogP contribution >= 0.6 is 0 Å². The number of halogens is 3. The smallest absolute Gasteiger partial charge is 0.274 e. The summed E-state index contributed by atoms with van der Waals surface area (Å²) in [4.78, 5) is 28.4. The summed E-state index contributed by atoms with van der Waals surface area (Å²) in [6, 6.07) is 5.96. The number of hydrogen-bond acceptors (Lipinski definition) is 3. The summed E-state index contributed by atoms with van der Waals surface area (Å²) in [6.45, 7) is 0. The van der Waals surface area contributed by atoms with E-state index in [1.54, 1.807) is 0 Å². The molecular formula is C18H16F3N3O2. The highest BCUT2D eigenvalue weighted by Gasteiger charge is 2.20. The number of rotatable bonds is 4. The zero-order valence-corrected chi connectivity index (χ0v) is 13.7. The van der Waals surface area contributed by atoms with Crippen LogP contribution in [0.15, 0.2) is 30.3 Å². The molecule has 1 fully saturated rings. The average molecular weight is 363 g/mol. The lowest BCUT2D eigenvalue weighted by atomic mass is 10.2. The fourth-order valence-corrected chi connectivity index (χ4v) is 2.83. The zero-order chi connectivity index (χ0) is 18.7. The fraction of sp³-hybridized carbons (Fsp3) is 0.278. The fourth-order valence-electron chi connectivity index (χ4n) is 2.83. The van der Waals surface area contributed by atoms with Crippen molar-refractivity contribution in [1.29, 1.82) is 0 Å². The Labute approximate surface area is 147 Å². The number of hydrogen-bond donors (Lipinski definition) is 2. The van der Waals surface area contributed by atoms with E-state index in [9.17, 15) is 22.8 Å². The number of carbonyl (C=O) groups is 2. The van der Waals surface area contributed by atoms with Crippen LogP contribution in [0.25, 0.3) is 0 Å². The molecule has 1 aromatic carbocycles. The van der Waals surface area contributed by atoms with Crippen molar-refractivity contribution in [3.63, 3.8) is 0 Å². The highest BCUT2D eigenvalue weighted by molar-refractivity contribution is 6.03. The van der Waals surface area contributed by atoms with E-state index in [0.717, 1.165) is 31.7 Å². The van der Waals surface area contributed by atoms with Gasteiger partial charge in [0, 0.05) is 6.04 Å². The van der Waals surface area contributed by atoms with Gasteiger partial charge in [0.1, 0.15) is 11.4 Å². The topological polar surface area (TPSA) is 71.1 Å². The van der Waals surface area contributed by atoms with Gasteiger partial charge < -0.3 is 10.6 Å². The molecule has 1 aromatic heterocycles. The standard InChI is InChI=1S/C18H16F3N3O2/c19-11-8-9-12(16(21)15(11)20)24-18(26)14-7-3-6-13(23-14)17(25)22-10-4-1-2-5-10/h3,6-10H,1-2,4-5H2,(H,22,25)(H,24,26). The van der Waals surface area contributed by atoms with Crippen molar-refractivity contribution < 1.29 is 22.8 Å². The van der Waals surface area contributed by atoms with Gasteiger partial charge in [0.25, 0.3) is 11.8 Å². The van der Waals surface area contributed by atoms with E-state index in [0.29, 0.717) is 6.07 Å². The predicted molar refractivity (Wildman–Crippen MR) is 88.2 cm³/mol. The lowest BCUT2D eigenvalue weighted by Crippen LogP contribution is -2.33. The van der Waals surface area contributed by atoms with Crippen molar-refractivity contribution in [2.75, 3.05) is 5.32 Å². The molecule has 1 aliphatic rings. The van der Waals surface area contributed by atoms with Gasteiger partial charge in [-0.2, -0.15) is 0 Å². The van der Waals surface area contributed by atoms with Crippen LogP contribution in [0, 0.1) is 17.5 Å². The quantitative estimate of drug-likeness (QED) is 0.818. The van der Waals surface area contributed by atoms with Crippen LogP contribution in [0.4, 0.5) is 18.9 Å². The Morgan fingerprint density at radius 2 is 1.58 bits per heavy atom. The van der Waals surface area contributed by atoms with E-state index in [-0.39, 0.29) is 17.4 Å². The maximum absolute atomic E-state index is 13.7. The van der Waals surface area contributed by atoms with Crippen LogP contribution in [-0.4, -0.2) is 22.8 Å². The van der Waals surface area contributed by atoms with E-state index in [1.165, 1.54) is 18.2 Å². The van der Waals surface area contributed by atoms with Crippen molar-refractivity contribution in [1.82, 2.24) is 10.3 Å². The molecule has 1 aliphatic carbocycles. The Balaban J connectivity index is 1.74. The first-order valence-electron chi connectivity index (χ1n) is 8.18. The molecule has 2 aromatic rings. The SMILES string of the molecule is O=C(Nc1ccc(F)c(F)c1F)c1cccc(C(=O)NC2CCCC2)n1. The minimum atomic E-state index is -1.68. The molecule has 2 amide bonds. The number of carbonyl (C=O) groups excluding carboxylic acids is 2. The van der Waals surface area contributed by atoms with E-state index in [4.69, 9.17) is 0 Å². The molecular weight excluding hydrogens is 347 g/mol. The molecule has 3 rings (SSSR count). The van der Waals surface area contributed by atoms with Crippen LogP contribution in [0.1, 0.15) is 46.7 Å². The van der Waals surface area contributed by atoms with E-state index >= 15 is 0 Å². The predicted octanol–water partition coefficient (Wildman–Crippen LogP) is 3.42. The monoisotopic (exact) mass is 363 g/mol. The summed E-state index contributed by atoms with van der Waals surface area (Å²) in [7, 11) is 0. The molecule has 0 radical (unpaired) electrons. The second kappa shape index (κ2) is 7.55. The van der Waals surface area contributed by atoms with Gasteiger partial charge in [-0.25, -0.2) is 18.2 Å². The zero-order valence-electron chi connectivity index (χ0n) is 13.7. The minimum Gasteiger partial charge on any atom is -0.348 e. The number of nitrogens with one attached hydrogen (secondary N) is 2. The van der Waals surface area contributed by atoms with Crippen LogP contribution < -0.4 is 10.6 Å². The number of aromatic nitrogens is 1. The number of anilines is 1. The molecule has 0 saturated heterocycles. The number of benzene rings is 1. The summed E-state index contributed by atoms with van der Waals surface area (Å²) in [5, 5.41) is 4.97. The Hall–Kier alpha value is -2.90. The number of pyridine rings is 1. The highest BCUT2D eigenvalue weighted by atomic mass is 19.2. The van der Waals surface area contributed by atoms with E-state index in [2.05, 4.69) is 15.6 Å². The molecule has 0 spiro atoms. The Morgan fingerprint density at radius 1 is 0.923 bits per heavy atom. The molecule has 8 heteroatoms. The largest absolute Gasteiger partial charge is 0.348 e. The summed E-state index contributed by atoms with van der Waals surface area (Å²) in [5.74, 6) is -5.78. The second-order valence-electron chi connectivity index (χ2n) is 6.04. The third-order valence-electron chi connectivity index (χ3n) is 4.19. The Bertz CT molecular complexity index is 852. The highest BCUT2D eigenvalue weighted by Crippen LogP contribution is 2.20. The van der Waals surface area contributed by atoms with Crippen LogP contribution in [-0.2, 0) is 0 Å². The summed E-state index contributed by atoms with van der Waals surface area (Å²) < 4.78 is 39.8. The van der Waals surface area contributed by atoms with Crippen LogP contribution in [0.2, 0.25) is 0 Å². The van der Waals surface area contributed by atoms with E-state index < -0.39 is 35.0 Å². The number of amides is 2. The molecule has 2 N–H and O–H groups in total. The molecule has 26 heavy (non-hydrogen) atoms. The second-order valence-corrected chi connectivity index (χ2v) is 6.04. The van der Waals surface area contributed by atoms with Gasteiger partial charge in [-0.1, -0.05) is 18.9 Å². The van der Waals surface area contributed by atoms with Gasteiger partial charge in [-0.05, 0) is 37.1 Å². The maximum atomic E-state index is 13.7. The molecule has 136 valence electrons. The van der Waals surface area contributed by atoms with Gasteiger partial charge in [-0.3, -0.25) is 9.59 Å². The summed E-state index contributed by atoms with van der Waals surface area (Å²) >= 11 is 0. The summed E-state index contributed by atoms with van der Waals surface area (Å²) in [5.41, 5.74) is -0.611. The Kier molecular flexibility index (Phi) is 5.20. The maximum Gasteiger partial charge on any atom is 0.274 e. The van der Waals surface area contributed by atoms with Gasteiger partial charge in [0.05, 0.1) is 5.69 Å². The van der Waals surface area contributed by atoms with E-state index in [1.807, 2.05) is 0 Å². The molecule has 5 nitrogen and oxygen atoms in total. The first-order valence-corrected chi connectivity index (χ1v) is 8.18. The average Bonchev–Trinajstić information content (AvgIpc) is 3.15. The molecule has 1 saturated carbocycles. The van der Waals surface area contributed by atoms with Gasteiger partial charge in [0.15, 0.2) is 17.5 Å². The lowest BCUT2D eigenvalue weighted by molar-refractivity contribution is 0.0932. The first kappa shape index (κ1) is 17.9. The minimum absolute atomic E-state index is 0.0512. The molecule has 0 unspecified atom stereocenters. The Morgan fingerprint density at radius 3 is 2.27 bits per heavy atom. The molecule has 0 aliphatic heterocycles. The number of nitrogens with zero attached hydrogens (tertiary/aromatic N) is 1. The molecule has 1 heterocycles. The molecule has 0 bridgehead atoms. The van der Waals surface area contributed by atoms with Crippen molar-refractivity contribution in [2.45, 2.75) is 31.7 Å².